The molecule has 2 aromatic rings. The largest absolute Gasteiger partial charge is 0.486 e. The van der Waals surface area contributed by atoms with Crippen molar-refractivity contribution in [2.24, 2.45) is 0 Å². The van der Waals surface area contributed by atoms with Crippen LogP contribution in [0.4, 0.5) is 0 Å². The van der Waals surface area contributed by atoms with E-state index in [1.807, 2.05) is 30.3 Å². The Morgan fingerprint density at radius 1 is 0.791 bits per heavy atom. The van der Waals surface area contributed by atoms with Gasteiger partial charge in [-0.1, -0.05) is 0 Å². The smallest absolute Gasteiger partial charge is 0.174 e. The molecule has 4 aliphatic rings. The van der Waals surface area contributed by atoms with Gasteiger partial charge in [-0.15, -0.1) is 0 Å². The third-order valence-corrected chi connectivity index (χ3v) is 8.41. The Bertz CT molecular complexity index is 1290. The predicted molar refractivity (Wildman–Crippen MR) is 162 cm³/mol. The van der Waals surface area contributed by atoms with Crippen LogP contribution in [0.25, 0.3) is 0 Å². The van der Waals surface area contributed by atoms with Crippen LogP contribution in [0, 0.1) is 0 Å². The average Bonchev–Trinajstić information content (AvgIpc) is 3.52. The summed E-state index contributed by atoms with van der Waals surface area (Å²) in [5, 5.41) is 0. The summed E-state index contributed by atoms with van der Waals surface area (Å²) in [6.45, 7) is 8.28. The van der Waals surface area contributed by atoms with Crippen molar-refractivity contribution in [2.75, 3.05) is 86.4 Å². The molecule has 0 saturated carbocycles. The Morgan fingerprint density at radius 2 is 1.44 bits per heavy atom. The second-order valence-electron chi connectivity index (χ2n) is 11.7. The lowest BCUT2D eigenvalue weighted by molar-refractivity contribution is -0.121. The minimum absolute atomic E-state index is 0.0638. The maximum Gasteiger partial charge on any atom is 0.174 e. The first-order valence-electron chi connectivity index (χ1n) is 15.3. The molecule has 0 N–H and O–H groups in total. The highest BCUT2D eigenvalue weighted by molar-refractivity contribution is 5.97. The first kappa shape index (κ1) is 31.1. The third kappa shape index (κ3) is 8.63. The maximum absolute atomic E-state index is 12.4. The van der Waals surface area contributed by atoms with E-state index in [4.69, 9.17) is 18.9 Å². The fourth-order valence-corrected chi connectivity index (χ4v) is 5.74. The van der Waals surface area contributed by atoms with Gasteiger partial charge in [0, 0.05) is 74.7 Å². The number of benzene rings is 2. The minimum atomic E-state index is 0.0638. The molecule has 232 valence electrons. The van der Waals surface area contributed by atoms with E-state index in [2.05, 4.69) is 28.8 Å². The number of morpholine rings is 1. The molecule has 1 atom stereocenters. The van der Waals surface area contributed by atoms with E-state index in [0.29, 0.717) is 55.4 Å². The van der Waals surface area contributed by atoms with Crippen LogP contribution in [0.1, 0.15) is 45.5 Å². The highest BCUT2D eigenvalue weighted by atomic mass is 16.6. The van der Waals surface area contributed by atoms with Crippen molar-refractivity contribution < 1.29 is 33.3 Å². The summed E-state index contributed by atoms with van der Waals surface area (Å²) in [6.07, 6.45) is 2.58. The number of ketones is 3. The predicted octanol–water partition coefficient (Wildman–Crippen LogP) is 2.76. The number of hydrogen-bond donors (Lipinski definition) is 0. The first-order chi connectivity index (χ1) is 20.9. The topological polar surface area (TPSA) is 97.9 Å². The molecule has 0 spiro atoms. The molecular weight excluding hydrogens is 550 g/mol. The summed E-state index contributed by atoms with van der Waals surface area (Å²) >= 11 is 0. The third-order valence-electron chi connectivity index (χ3n) is 8.41. The molecule has 43 heavy (non-hydrogen) atoms. The van der Waals surface area contributed by atoms with Crippen LogP contribution in [0.3, 0.4) is 0 Å². The molecule has 10 nitrogen and oxygen atoms in total. The van der Waals surface area contributed by atoms with E-state index in [0.717, 1.165) is 69.5 Å². The monoisotopic (exact) mass is 593 g/mol. The zero-order chi connectivity index (χ0) is 30.2. The quantitative estimate of drug-likeness (QED) is 0.404. The van der Waals surface area contributed by atoms with Gasteiger partial charge >= 0.3 is 0 Å². The molecule has 0 aromatic heterocycles. The zero-order valence-corrected chi connectivity index (χ0v) is 25.3. The Hall–Kier alpha value is -3.31. The highest BCUT2D eigenvalue weighted by Gasteiger charge is 2.25. The van der Waals surface area contributed by atoms with Gasteiger partial charge in [0.25, 0.3) is 0 Å². The van der Waals surface area contributed by atoms with Crippen molar-refractivity contribution in [1.29, 1.82) is 0 Å². The number of rotatable bonds is 9. The number of likely N-dealkylation sites (tertiary alicyclic amines) is 1. The fourth-order valence-electron chi connectivity index (χ4n) is 5.74. The molecule has 0 radical (unpaired) electrons. The maximum atomic E-state index is 12.4. The summed E-state index contributed by atoms with van der Waals surface area (Å²) in [6, 6.07) is 11.5. The number of fused-ring (bicyclic) bond motifs is 2. The molecule has 0 amide bonds. The fraction of sp³-hybridized carbons (Fsp3) is 0.545. The van der Waals surface area contributed by atoms with Crippen molar-refractivity contribution in [3.05, 3.63) is 53.1 Å². The highest BCUT2D eigenvalue weighted by Crippen LogP contribution is 2.31. The summed E-state index contributed by atoms with van der Waals surface area (Å²) in [5.74, 6) is 2.48. The normalized spacial score (nSPS) is 20.2. The van der Waals surface area contributed by atoms with E-state index in [-0.39, 0.29) is 24.0 Å². The number of carbonyl (C=O) groups is 3. The van der Waals surface area contributed by atoms with Gasteiger partial charge in [0.15, 0.2) is 28.8 Å². The number of ether oxygens (including phenoxy) is 4. The van der Waals surface area contributed by atoms with Crippen LogP contribution >= 0.6 is 0 Å². The second-order valence-corrected chi connectivity index (χ2v) is 11.7. The van der Waals surface area contributed by atoms with Crippen molar-refractivity contribution in [3.8, 4) is 17.2 Å². The van der Waals surface area contributed by atoms with Crippen LogP contribution in [-0.4, -0.2) is 124 Å². The number of hydrogen-bond acceptors (Lipinski definition) is 10. The van der Waals surface area contributed by atoms with Gasteiger partial charge in [0.2, 0.25) is 0 Å². The molecule has 6 rings (SSSR count). The summed E-state index contributed by atoms with van der Waals surface area (Å²) in [4.78, 5) is 43.0. The van der Waals surface area contributed by atoms with Crippen LogP contribution in [-0.2, 0) is 16.0 Å². The standard InChI is InChI=1S/C18H24N2O3.C15H19NO4/c1-19(2)15-5-7-20(11-15)8-6-17(22)13-3-4-18-14(9-13)10-16(21)12-23-18;17-13(3-4-16-5-7-18-8-6-16)12-1-2-14-15(11-12)20-10-9-19-14/h3-4,9,15H,5-8,10-12H2,1-2H3;1-2,11H,3-10H2. The minimum Gasteiger partial charge on any atom is -0.486 e. The van der Waals surface area contributed by atoms with Crippen LogP contribution in [0.5, 0.6) is 17.2 Å². The van der Waals surface area contributed by atoms with Gasteiger partial charge in [0.05, 0.1) is 13.2 Å². The van der Waals surface area contributed by atoms with Gasteiger partial charge in [0.1, 0.15) is 25.6 Å². The number of likely N-dealkylation sites (N-methyl/N-ethyl adjacent to an activating group) is 1. The number of carbonyl (C=O) groups excluding carboxylic acids is 3. The molecule has 4 heterocycles. The lowest BCUT2D eigenvalue weighted by Crippen LogP contribution is -2.37. The average molecular weight is 594 g/mol. The van der Waals surface area contributed by atoms with E-state index in [9.17, 15) is 14.4 Å². The Kier molecular flexibility index (Phi) is 10.8. The van der Waals surface area contributed by atoms with Gasteiger partial charge in [-0.2, -0.15) is 0 Å². The molecule has 10 heteroatoms. The van der Waals surface area contributed by atoms with Gasteiger partial charge in [-0.3, -0.25) is 19.3 Å². The molecule has 0 aliphatic carbocycles. The first-order valence-corrected chi connectivity index (χ1v) is 15.3. The molecule has 2 aromatic carbocycles. The van der Waals surface area contributed by atoms with E-state index < -0.39 is 0 Å². The summed E-state index contributed by atoms with van der Waals surface area (Å²) in [7, 11) is 4.21. The lowest BCUT2D eigenvalue weighted by atomic mass is 9.99. The molecule has 1 unspecified atom stereocenters. The van der Waals surface area contributed by atoms with Crippen molar-refractivity contribution >= 4 is 17.3 Å². The summed E-state index contributed by atoms with van der Waals surface area (Å²) in [5.41, 5.74) is 2.22. The molecule has 2 fully saturated rings. The number of nitrogens with zero attached hydrogens (tertiary/aromatic N) is 3. The van der Waals surface area contributed by atoms with Gasteiger partial charge in [-0.25, -0.2) is 0 Å². The lowest BCUT2D eigenvalue weighted by Gasteiger charge is -2.26. The van der Waals surface area contributed by atoms with Crippen LogP contribution in [0.2, 0.25) is 0 Å². The van der Waals surface area contributed by atoms with Crippen LogP contribution in [0.15, 0.2) is 36.4 Å². The van der Waals surface area contributed by atoms with Gasteiger partial charge in [-0.05, 0) is 63.5 Å². The van der Waals surface area contributed by atoms with E-state index >= 15 is 0 Å². The second kappa shape index (κ2) is 14.9. The Morgan fingerprint density at radius 3 is 2.14 bits per heavy atom. The molecule has 4 aliphatic heterocycles. The van der Waals surface area contributed by atoms with Crippen LogP contribution < -0.4 is 14.2 Å². The molecule has 2 saturated heterocycles. The molecule has 0 bridgehead atoms. The van der Waals surface area contributed by atoms with E-state index in [1.165, 1.54) is 6.42 Å². The number of Topliss-reactive ketones (excluding diaryl/α,β-unsaturated/α-hetero) is 3. The molecular formula is C33H43N3O7. The van der Waals surface area contributed by atoms with Crippen molar-refractivity contribution in [3.63, 3.8) is 0 Å². The Balaban J connectivity index is 0.000000173. The SMILES string of the molecule is CN(C)C1CCN(CCC(=O)c2ccc3c(c2)CC(=O)CO3)C1.O=C(CCN1CCOCC1)c1ccc2c(c1)OCCO2. The zero-order valence-electron chi connectivity index (χ0n) is 25.3. The van der Waals surface area contributed by atoms with Crippen molar-refractivity contribution in [1.82, 2.24) is 14.7 Å². The van der Waals surface area contributed by atoms with E-state index in [1.54, 1.807) is 6.07 Å². The van der Waals surface area contributed by atoms with Crippen molar-refractivity contribution in [2.45, 2.75) is 31.7 Å². The summed E-state index contributed by atoms with van der Waals surface area (Å²) < 4.78 is 21.6. The van der Waals surface area contributed by atoms with Gasteiger partial charge < -0.3 is 28.7 Å². The Labute approximate surface area is 253 Å².